The predicted octanol–water partition coefficient (Wildman–Crippen LogP) is 4.16. The average Bonchev–Trinajstić information content (AvgIpc) is 3.25. The van der Waals surface area contributed by atoms with E-state index in [-0.39, 0.29) is 30.4 Å². The lowest BCUT2D eigenvalue weighted by Gasteiger charge is -2.27. The van der Waals surface area contributed by atoms with E-state index in [0.717, 1.165) is 28.3 Å². The molecule has 6 nitrogen and oxygen atoms in total. The number of benzene rings is 1. The van der Waals surface area contributed by atoms with Crippen molar-refractivity contribution in [2.24, 2.45) is 0 Å². The lowest BCUT2D eigenvalue weighted by atomic mass is 9.97. The van der Waals surface area contributed by atoms with Gasteiger partial charge < -0.3 is 19.5 Å². The molecule has 0 bridgehead atoms. The third-order valence-corrected chi connectivity index (χ3v) is 6.03. The minimum Gasteiger partial charge on any atom is -0.465 e. The topological polar surface area (TPSA) is 59.4 Å². The van der Waals surface area contributed by atoms with Crippen LogP contribution < -0.4 is 5.32 Å². The number of aryl methyl sites for hydroxylation is 1. The average molecular weight is 453 g/mol. The number of carbonyl (C=O) groups is 1. The van der Waals surface area contributed by atoms with Gasteiger partial charge in [0.1, 0.15) is 12.4 Å². The van der Waals surface area contributed by atoms with Crippen LogP contribution in [-0.2, 0) is 9.53 Å². The minimum atomic E-state index is -0.337. The Morgan fingerprint density at radius 3 is 2.62 bits per heavy atom. The van der Waals surface area contributed by atoms with Crippen LogP contribution in [-0.4, -0.2) is 38.7 Å². The molecule has 0 saturated carbocycles. The summed E-state index contributed by atoms with van der Waals surface area (Å²) in [4.78, 5) is 18.8. The fourth-order valence-corrected chi connectivity index (χ4v) is 4.64. The van der Waals surface area contributed by atoms with E-state index in [0.29, 0.717) is 11.7 Å². The summed E-state index contributed by atoms with van der Waals surface area (Å²) in [6, 6.07) is 13.7. The number of nitrogens with zero attached hydrogens (tertiary/aromatic N) is 3. The van der Waals surface area contributed by atoms with Crippen LogP contribution in [0.4, 0.5) is 4.39 Å². The van der Waals surface area contributed by atoms with E-state index < -0.39 is 0 Å². The molecule has 2 unspecified atom stereocenters. The Balaban J connectivity index is 1.80. The Morgan fingerprint density at radius 1 is 1.22 bits per heavy atom. The number of halogens is 1. The molecule has 0 radical (unpaired) electrons. The fraction of sp³-hybridized carbons (Fsp3) is 0.292. The first kappa shape index (κ1) is 22.0. The predicted molar refractivity (Wildman–Crippen MR) is 124 cm³/mol. The van der Waals surface area contributed by atoms with Gasteiger partial charge in [0.05, 0.1) is 24.4 Å². The van der Waals surface area contributed by atoms with Crippen LogP contribution in [0.5, 0.6) is 0 Å². The molecule has 1 fully saturated rings. The molecule has 32 heavy (non-hydrogen) atoms. The zero-order chi connectivity index (χ0) is 22.8. The van der Waals surface area contributed by atoms with E-state index in [1.807, 2.05) is 36.9 Å². The number of ether oxygens (including phenoxy) is 1. The summed E-state index contributed by atoms with van der Waals surface area (Å²) in [7, 11) is 0. The second-order valence-electron chi connectivity index (χ2n) is 7.70. The van der Waals surface area contributed by atoms with E-state index in [4.69, 9.17) is 17.0 Å². The van der Waals surface area contributed by atoms with E-state index in [1.54, 1.807) is 25.3 Å². The second kappa shape index (κ2) is 9.08. The number of pyridine rings is 1. The lowest BCUT2D eigenvalue weighted by Crippen LogP contribution is -2.35. The Hall–Kier alpha value is -3.26. The molecule has 0 aliphatic carbocycles. The lowest BCUT2D eigenvalue weighted by molar-refractivity contribution is -0.143. The molecule has 1 aliphatic rings. The van der Waals surface area contributed by atoms with Crippen LogP contribution in [0.25, 0.3) is 5.69 Å². The van der Waals surface area contributed by atoms with Gasteiger partial charge in [0, 0.05) is 23.3 Å². The quantitative estimate of drug-likeness (QED) is 0.448. The summed E-state index contributed by atoms with van der Waals surface area (Å²) >= 11 is 5.62. The molecular formula is C24H25FN4O2S. The Bertz CT molecular complexity index is 1130. The summed E-state index contributed by atoms with van der Waals surface area (Å²) in [5, 5.41) is 3.82. The molecule has 1 aromatic carbocycles. The molecular weight excluding hydrogens is 427 g/mol. The Kier molecular flexibility index (Phi) is 6.23. The van der Waals surface area contributed by atoms with Crippen molar-refractivity contribution < 1.29 is 13.9 Å². The highest BCUT2D eigenvalue weighted by Gasteiger charge is 2.42. The van der Waals surface area contributed by atoms with Crippen molar-refractivity contribution in [3.63, 3.8) is 0 Å². The van der Waals surface area contributed by atoms with Crippen molar-refractivity contribution >= 4 is 23.3 Å². The van der Waals surface area contributed by atoms with Gasteiger partial charge in [-0.2, -0.15) is 0 Å². The van der Waals surface area contributed by atoms with Gasteiger partial charge in [-0.1, -0.05) is 6.07 Å². The zero-order valence-electron chi connectivity index (χ0n) is 18.2. The first-order valence-electron chi connectivity index (χ1n) is 10.5. The minimum absolute atomic E-state index is 0.0356. The molecule has 2 aromatic heterocycles. The van der Waals surface area contributed by atoms with Gasteiger partial charge in [0.2, 0.25) is 0 Å². The maximum Gasteiger partial charge on any atom is 0.325 e. The number of rotatable bonds is 6. The first-order chi connectivity index (χ1) is 15.4. The van der Waals surface area contributed by atoms with Crippen molar-refractivity contribution in [2.45, 2.75) is 32.9 Å². The SMILES string of the molecule is CCOC(=O)CN1C(=S)NC(c2ccccn2)C1c1cc(C)n(-c2ccc(F)cc2)c1C. The van der Waals surface area contributed by atoms with Gasteiger partial charge >= 0.3 is 5.97 Å². The molecule has 4 rings (SSSR count). The number of thiocarbonyl (C=S) groups is 1. The van der Waals surface area contributed by atoms with Crippen LogP contribution in [0.15, 0.2) is 54.7 Å². The van der Waals surface area contributed by atoms with E-state index in [1.165, 1.54) is 12.1 Å². The smallest absolute Gasteiger partial charge is 0.325 e. The number of carbonyl (C=O) groups excluding carboxylic acids is 1. The van der Waals surface area contributed by atoms with Gasteiger partial charge in [-0.15, -0.1) is 0 Å². The molecule has 2 atom stereocenters. The highest BCUT2D eigenvalue weighted by molar-refractivity contribution is 7.80. The van der Waals surface area contributed by atoms with E-state index in [2.05, 4.69) is 20.9 Å². The normalized spacial score (nSPS) is 18.0. The highest BCUT2D eigenvalue weighted by atomic mass is 32.1. The van der Waals surface area contributed by atoms with Crippen LogP contribution in [0, 0.1) is 19.7 Å². The summed E-state index contributed by atoms with van der Waals surface area (Å²) in [6.45, 7) is 6.15. The van der Waals surface area contributed by atoms with Gasteiger partial charge in [-0.25, -0.2) is 4.39 Å². The number of esters is 1. The summed E-state index contributed by atoms with van der Waals surface area (Å²) in [6.07, 6.45) is 1.74. The number of aromatic nitrogens is 2. The van der Waals surface area contributed by atoms with Crippen molar-refractivity contribution in [3.05, 3.63) is 83.2 Å². The second-order valence-corrected chi connectivity index (χ2v) is 8.08. The van der Waals surface area contributed by atoms with Gasteiger partial charge in [-0.05, 0) is 81.0 Å². The molecule has 8 heteroatoms. The standard InChI is InChI=1S/C24H25FN4O2S/c1-4-31-21(30)14-28-23(22(27-24(28)32)20-7-5-6-12-26-20)19-13-15(2)29(16(19)3)18-10-8-17(25)9-11-18/h5-13,22-23H,4,14H2,1-3H3,(H,27,32). The third-order valence-electron chi connectivity index (χ3n) is 5.68. The molecule has 166 valence electrons. The summed E-state index contributed by atoms with van der Waals surface area (Å²) in [5.74, 6) is -0.617. The van der Waals surface area contributed by atoms with Crippen molar-refractivity contribution in [1.82, 2.24) is 19.8 Å². The molecule has 3 heterocycles. The van der Waals surface area contributed by atoms with Crippen LogP contribution in [0.3, 0.4) is 0 Å². The van der Waals surface area contributed by atoms with Crippen LogP contribution >= 0.6 is 12.2 Å². The van der Waals surface area contributed by atoms with Crippen molar-refractivity contribution in [1.29, 1.82) is 0 Å². The number of nitrogens with one attached hydrogen (secondary N) is 1. The molecule has 0 amide bonds. The zero-order valence-corrected chi connectivity index (χ0v) is 19.0. The first-order valence-corrected chi connectivity index (χ1v) is 10.9. The van der Waals surface area contributed by atoms with Crippen molar-refractivity contribution in [2.75, 3.05) is 13.2 Å². The molecule has 0 spiro atoms. The molecule has 1 saturated heterocycles. The molecule has 1 aliphatic heterocycles. The van der Waals surface area contributed by atoms with Crippen LogP contribution in [0.2, 0.25) is 0 Å². The number of hydrogen-bond donors (Lipinski definition) is 1. The third kappa shape index (κ3) is 4.10. The van der Waals surface area contributed by atoms with Crippen LogP contribution in [0.1, 0.15) is 41.7 Å². The maximum atomic E-state index is 13.5. The number of hydrogen-bond acceptors (Lipinski definition) is 4. The highest BCUT2D eigenvalue weighted by Crippen LogP contribution is 2.41. The summed E-state index contributed by atoms with van der Waals surface area (Å²) < 4.78 is 20.8. The van der Waals surface area contributed by atoms with Gasteiger partial charge in [0.15, 0.2) is 5.11 Å². The monoisotopic (exact) mass is 452 g/mol. The van der Waals surface area contributed by atoms with Gasteiger partial charge in [0.25, 0.3) is 0 Å². The van der Waals surface area contributed by atoms with E-state index >= 15 is 0 Å². The Morgan fingerprint density at radius 2 is 1.97 bits per heavy atom. The maximum absolute atomic E-state index is 13.5. The largest absolute Gasteiger partial charge is 0.465 e. The summed E-state index contributed by atoms with van der Waals surface area (Å²) in [5.41, 5.74) is 4.70. The fourth-order valence-electron chi connectivity index (χ4n) is 4.33. The van der Waals surface area contributed by atoms with E-state index in [9.17, 15) is 9.18 Å². The molecule has 1 N–H and O–H groups in total. The van der Waals surface area contributed by atoms with Crippen molar-refractivity contribution in [3.8, 4) is 5.69 Å². The van der Waals surface area contributed by atoms with Gasteiger partial charge in [-0.3, -0.25) is 9.78 Å². The Labute approximate surface area is 192 Å². The molecule has 3 aromatic rings.